The molecule has 1 aliphatic rings. The molecule has 0 radical (unpaired) electrons. The van der Waals surface area contributed by atoms with Gasteiger partial charge in [0.05, 0.1) is 17.5 Å². The Balaban J connectivity index is 1.72. The second-order valence-corrected chi connectivity index (χ2v) is 6.24. The molecule has 0 saturated heterocycles. The second kappa shape index (κ2) is 7.75. The van der Waals surface area contributed by atoms with Crippen LogP contribution in [0.3, 0.4) is 0 Å². The molecule has 1 aromatic carbocycles. The van der Waals surface area contributed by atoms with Gasteiger partial charge in [-0.15, -0.1) is 0 Å². The fourth-order valence-corrected chi connectivity index (χ4v) is 3.31. The highest BCUT2D eigenvalue weighted by atomic mass is 16.2. The van der Waals surface area contributed by atoms with E-state index >= 15 is 0 Å². The van der Waals surface area contributed by atoms with Gasteiger partial charge in [-0.25, -0.2) is 4.98 Å². The number of rotatable bonds is 4. The molecular weight excluding hydrogens is 316 g/mol. The number of para-hydroxylation sites is 1. The molecule has 128 valence electrons. The standard InChI is InChI=1S/C19H20N4O2/c20-11-12-21-18(24)14-6-2-4-8-16(14)23-19(25)17-10-9-13-5-1-3-7-15(13)22-17/h1,3,5,7,9-10,14,16H,2,4,6,8,12H2,(H,21,24)(H,23,25). The Bertz CT molecular complexity index is 828. The van der Waals surface area contributed by atoms with E-state index in [1.54, 1.807) is 6.07 Å². The van der Waals surface area contributed by atoms with Crippen LogP contribution in [-0.4, -0.2) is 29.4 Å². The van der Waals surface area contributed by atoms with Gasteiger partial charge in [-0.2, -0.15) is 5.26 Å². The third kappa shape index (κ3) is 3.94. The molecule has 2 atom stereocenters. The number of aromatic nitrogens is 1. The fourth-order valence-electron chi connectivity index (χ4n) is 3.31. The van der Waals surface area contributed by atoms with E-state index in [0.717, 1.165) is 30.2 Å². The Hall–Kier alpha value is -2.94. The molecule has 2 unspecified atom stereocenters. The maximum absolute atomic E-state index is 12.6. The van der Waals surface area contributed by atoms with Crippen LogP contribution in [0.1, 0.15) is 36.2 Å². The summed E-state index contributed by atoms with van der Waals surface area (Å²) in [5.41, 5.74) is 1.11. The summed E-state index contributed by atoms with van der Waals surface area (Å²) in [6.07, 6.45) is 3.39. The molecule has 0 bridgehead atoms. The number of amides is 2. The lowest BCUT2D eigenvalue weighted by atomic mass is 9.83. The van der Waals surface area contributed by atoms with E-state index in [9.17, 15) is 9.59 Å². The molecule has 3 rings (SSSR count). The Kier molecular flexibility index (Phi) is 5.24. The van der Waals surface area contributed by atoms with Crippen LogP contribution in [0.15, 0.2) is 36.4 Å². The Morgan fingerprint density at radius 3 is 2.80 bits per heavy atom. The van der Waals surface area contributed by atoms with Gasteiger partial charge in [0.2, 0.25) is 5.91 Å². The Morgan fingerprint density at radius 2 is 1.96 bits per heavy atom. The molecule has 0 aliphatic heterocycles. The van der Waals surface area contributed by atoms with E-state index in [-0.39, 0.29) is 30.3 Å². The van der Waals surface area contributed by atoms with Gasteiger partial charge in [-0.05, 0) is 25.0 Å². The topological polar surface area (TPSA) is 94.9 Å². The van der Waals surface area contributed by atoms with Crippen LogP contribution in [0.25, 0.3) is 10.9 Å². The number of carbonyl (C=O) groups is 2. The predicted molar refractivity (Wildman–Crippen MR) is 93.6 cm³/mol. The molecule has 2 amide bonds. The summed E-state index contributed by atoms with van der Waals surface area (Å²) in [5.74, 6) is -0.736. The molecular formula is C19H20N4O2. The van der Waals surface area contributed by atoms with Gasteiger partial charge in [-0.1, -0.05) is 37.1 Å². The monoisotopic (exact) mass is 336 g/mol. The molecule has 1 fully saturated rings. The largest absolute Gasteiger partial charge is 0.347 e. The van der Waals surface area contributed by atoms with Gasteiger partial charge in [0.15, 0.2) is 0 Å². The number of hydrogen-bond acceptors (Lipinski definition) is 4. The summed E-state index contributed by atoms with van der Waals surface area (Å²) in [4.78, 5) is 29.2. The number of nitrogens with zero attached hydrogens (tertiary/aromatic N) is 2. The minimum atomic E-state index is -0.300. The first-order valence-corrected chi connectivity index (χ1v) is 8.50. The van der Waals surface area contributed by atoms with Crippen molar-refractivity contribution in [2.75, 3.05) is 6.54 Å². The molecule has 25 heavy (non-hydrogen) atoms. The molecule has 6 heteroatoms. The number of hydrogen-bond donors (Lipinski definition) is 2. The number of nitrogens with one attached hydrogen (secondary N) is 2. The number of nitriles is 1. The lowest BCUT2D eigenvalue weighted by molar-refractivity contribution is -0.126. The van der Waals surface area contributed by atoms with Crippen LogP contribution in [-0.2, 0) is 4.79 Å². The zero-order valence-corrected chi connectivity index (χ0v) is 13.9. The van der Waals surface area contributed by atoms with Crippen molar-refractivity contribution in [3.63, 3.8) is 0 Å². The lowest BCUT2D eigenvalue weighted by Gasteiger charge is -2.30. The van der Waals surface area contributed by atoms with Gasteiger partial charge in [0, 0.05) is 11.4 Å². The minimum Gasteiger partial charge on any atom is -0.347 e. The smallest absolute Gasteiger partial charge is 0.270 e. The van der Waals surface area contributed by atoms with Crippen molar-refractivity contribution in [1.29, 1.82) is 5.26 Å². The van der Waals surface area contributed by atoms with Crippen LogP contribution in [0.5, 0.6) is 0 Å². The highest BCUT2D eigenvalue weighted by molar-refractivity contribution is 5.95. The highest BCUT2D eigenvalue weighted by Crippen LogP contribution is 2.25. The zero-order valence-electron chi connectivity index (χ0n) is 13.9. The Labute approximate surface area is 146 Å². The van der Waals surface area contributed by atoms with Crippen molar-refractivity contribution in [2.24, 2.45) is 5.92 Å². The van der Waals surface area contributed by atoms with Gasteiger partial charge in [0.25, 0.3) is 5.91 Å². The van der Waals surface area contributed by atoms with Crippen LogP contribution >= 0.6 is 0 Å². The quantitative estimate of drug-likeness (QED) is 0.837. The van der Waals surface area contributed by atoms with E-state index in [0.29, 0.717) is 12.1 Å². The third-order valence-corrected chi connectivity index (χ3v) is 4.59. The van der Waals surface area contributed by atoms with E-state index < -0.39 is 0 Å². The zero-order chi connectivity index (χ0) is 17.6. The van der Waals surface area contributed by atoms with Crippen molar-refractivity contribution in [2.45, 2.75) is 31.7 Å². The molecule has 6 nitrogen and oxygen atoms in total. The van der Waals surface area contributed by atoms with Crippen LogP contribution in [0, 0.1) is 17.2 Å². The second-order valence-electron chi connectivity index (χ2n) is 6.24. The molecule has 0 spiro atoms. The van der Waals surface area contributed by atoms with E-state index in [2.05, 4.69) is 15.6 Å². The first kappa shape index (κ1) is 16.9. The van der Waals surface area contributed by atoms with Crippen molar-refractivity contribution >= 4 is 22.7 Å². The number of benzene rings is 1. The summed E-state index contributed by atoms with van der Waals surface area (Å²) < 4.78 is 0. The van der Waals surface area contributed by atoms with Crippen molar-refractivity contribution in [3.8, 4) is 6.07 Å². The van der Waals surface area contributed by atoms with Gasteiger partial charge >= 0.3 is 0 Å². The van der Waals surface area contributed by atoms with Crippen LogP contribution in [0.4, 0.5) is 0 Å². The summed E-state index contributed by atoms with van der Waals surface area (Å²) in [6, 6.07) is 12.9. The maximum Gasteiger partial charge on any atom is 0.270 e. The number of carbonyl (C=O) groups excluding carboxylic acids is 2. The SMILES string of the molecule is N#CCNC(=O)C1CCCCC1NC(=O)c1ccc2ccccc2n1. The first-order valence-electron chi connectivity index (χ1n) is 8.50. The highest BCUT2D eigenvalue weighted by Gasteiger charge is 2.32. The fraction of sp³-hybridized carbons (Fsp3) is 0.368. The van der Waals surface area contributed by atoms with Crippen molar-refractivity contribution < 1.29 is 9.59 Å². The summed E-state index contributed by atoms with van der Waals surface area (Å²) in [6.45, 7) is -0.0117. The van der Waals surface area contributed by atoms with E-state index in [4.69, 9.17) is 5.26 Å². The summed E-state index contributed by atoms with van der Waals surface area (Å²) >= 11 is 0. The Morgan fingerprint density at radius 1 is 1.16 bits per heavy atom. The van der Waals surface area contributed by atoms with Gasteiger partial charge < -0.3 is 10.6 Å². The number of fused-ring (bicyclic) bond motifs is 1. The average Bonchev–Trinajstić information content (AvgIpc) is 2.66. The third-order valence-electron chi connectivity index (χ3n) is 4.59. The van der Waals surface area contributed by atoms with Gasteiger partial charge in [-0.3, -0.25) is 9.59 Å². The number of pyridine rings is 1. The molecule has 2 N–H and O–H groups in total. The minimum absolute atomic E-state index is 0.0117. The van der Waals surface area contributed by atoms with Gasteiger partial charge in [0.1, 0.15) is 12.2 Å². The van der Waals surface area contributed by atoms with E-state index in [1.165, 1.54) is 0 Å². The van der Waals surface area contributed by atoms with Crippen molar-refractivity contribution in [3.05, 3.63) is 42.1 Å². The lowest BCUT2D eigenvalue weighted by Crippen LogP contribution is -2.48. The molecule has 1 aliphatic carbocycles. The summed E-state index contributed by atoms with van der Waals surface area (Å²) in [7, 11) is 0. The summed E-state index contributed by atoms with van der Waals surface area (Å²) in [5, 5.41) is 15.2. The predicted octanol–water partition coefficient (Wildman–Crippen LogP) is 2.16. The van der Waals surface area contributed by atoms with Crippen molar-refractivity contribution in [1.82, 2.24) is 15.6 Å². The first-order chi connectivity index (χ1) is 12.2. The van der Waals surface area contributed by atoms with E-state index in [1.807, 2.05) is 36.4 Å². The molecule has 1 saturated carbocycles. The van der Waals surface area contributed by atoms with Crippen LogP contribution < -0.4 is 10.6 Å². The maximum atomic E-state index is 12.6. The van der Waals surface area contributed by atoms with Crippen LogP contribution in [0.2, 0.25) is 0 Å². The normalized spacial score (nSPS) is 19.8. The average molecular weight is 336 g/mol. The molecule has 1 heterocycles. The molecule has 2 aromatic rings. The molecule has 1 aromatic heterocycles.